The lowest BCUT2D eigenvalue weighted by Crippen LogP contribution is -2.46. The minimum Gasteiger partial charge on any atom is -0.462 e. The Morgan fingerprint density at radius 3 is 1.26 bits per heavy atom. The number of rotatable bonds is 50. The Hall–Kier alpha value is -1.66. The molecule has 0 aromatic rings. The second kappa shape index (κ2) is 50.3. The molecule has 62 heavy (non-hydrogen) atoms. The number of nitrogens with one attached hydrogen (secondary N) is 1. The van der Waals surface area contributed by atoms with Gasteiger partial charge < -0.3 is 20.3 Å². The van der Waals surface area contributed by atoms with Crippen molar-refractivity contribution >= 4 is 11.9 Å². The van der Waals surface area contributed by atoms with E-state index in [4.69, 9.17) is 4.74 Å². The molecule has 0 spiro atoms. The van der Waals surface area contributed by atoms with Crippen molar-refractivity contribution < 1.29 is 24.5 Å². The van der Waals surface area contributed by atoms with E-state index in [0.29, 0.717) is 19.3 Å². The van der Waals surface area contributed by atoms with Gasteiger partial charge in [0, 0.05) is 6.42 Å². The zero-order valence-corrected chi connectivity index (χ0v) is 41.8. The first-order valence-electron chi connectivity index (χ1n) is 27.6. The summed E-state index contributed by atoms with van der Waals surface area (Å²) in [7, 11) is 0. The van der Waals surface area contributed by atoms with Crippen molar-refractivity contribution in [1.82, 2.24) is 5.32 Å². The molecule has 0 aromatic carbocycles. The molecule has 0 rings (SSSR count). The summed E-state index contributed by atoms with van der Waals surface area (Å²) in [5, 5.41) is 23.8. The van der Waals surface area contributed by atoms with Gasteiger partial charge in [-0.1, -0.05) is 251 Å². The molecule has 0 aliphatic carbocycles. The average molecular weight is 874 g/mol. The van der Waals surface area contributed by atoms with Gasteiger partial charge in [-0.15, -0.1) is 0 Å². The van der Waals surface area contributed by atoms with Crippen LogP contribution in [0.2, 0.25) is 0 Å². The Labute approximate surface area is 386 Å². The summed E-state index contributed by atoms with van der Waals surface area (Å²) in [4.78, 5) is 26.1. The van der Waals surface area contributed by atoms with Crippen molar-refractivity contribution in [2.24, 2.45) is 0 Å². The first-order valence-corrected chi connectivity index (χ1v) is 27.6. The molecule has 6 heteroatoms. The van der Waals surface area contributed by atoms with Gasteiger partial charge in [-0.05, 0) is 57.8 Å². The molecular weight excluding hydrogens is 767 g/mol. The topological polar surface area (TPSA) is 95.9 Å². The molecule has 0 aromatic heterocycles. The Morgan fingerprint density at radius 1 is 0.468 bits per heavy atom. The molecule has 0 aliphatic heterocycles. The molecule has 0 radical (unpaired) electrons. The number of unbranched alkanes of at least 4 members (excludes halogenated alkanes) is 34. The third-order valence-corrected chi connectivity index (χ3v) is 12.8. The molecule has 3 unspecified atom stereocenters. The van der Waals surface area contributed by atoms with Gasteiger partial charge in [-0.25, -0.2) is 0 Å². The van der Waals surface area contributed by atoms with Crippen molar-refractivity contribution in [2.45, 2.75) is 315 Å². The molecule has 0 aliphatic rings. The predicted molar refractivity (Wildman–Crippen MR) is 269 cm³/mol. The van der Waals surface area contributed by atoms with E-state index in [1.165, 1.54) is 193 Å². The second-order valence-corrected chi connectivity index (χ2v) is 19.0. The number of hydrogen-bond donors (Lipinski definition) is 3. The highest BCUT2D eigenvalue weighted by Gasteiger charge is 2.24. The molecule has 0 bridgehead atoms. The summed E-state index contributed by atoms with van der Waals surface area (Å²) in [5.74, 6) is -0.469. The van der Waals surface area contributed by atoms with Crippen LogP contribution in [0.5, 0.6) is 0 Å². The largest absolute Gasteiger partial charge is 0.462 e. The molecule has 0 saturated heterocycles. The van der Waals surface area contributed by atoms with E-state index < -0.39 is 18.2 Å². The number of carbonyl (C=O) groups is 2. The summed E-state index contributed by atoms with van der Waals surface area (Å²) in [5.41, 5.74) is 0. The molecule has 0 saturated carbocycles. The van der Waals surface area contributed by atoms with Crippen molar-refractivity contribution in [1.29, 1.82) is 0 Å². The smallest absolute Gasteiger partial charge is 0.306 e. The van der Waals surface area contributed by atoms with E-state index >= 15 is 0 Å². The number of ether oxygens (including phenoxy) is 1. The van der Waals surface area contributed by atoms with Crippen molar-refractivity contribution in [3.63, 3.8) is 0 Å². The lowest BCUT2D eigenvalue weighted by atomic mass is 10.0. The number of aliphatic hydroxyl groups is 2. The maximum absolute atomic E-state index is 13.2. The van der Waals surface area contributed by atoms with E-state index in [1.807, 2.05) is 0 Å². The van der Waals surface area contributed by atoms with Crippen LogP contribution in [0.4, 0.5) is 0 Å². The van der Waals surface area contributed by atoms with Gasteiger partial charge in [0.15, 0.2) is 0 Å². The van der Waals surface area contributed by atoms with Crippen LogP contribution in [0.25, 0.3) is 0 Å². The molecule has 0 fully saturated rings. The molecular formula is C56H107NO5. The van der Waals surface area contributed by atoms with Crippen molar-refractivity contribution in [3.05, 3.63) is 24.3 Å². The lowest BCUT2D eigenvalue weighted by Gasteiger charge is -2.24. The average Bonchev–Trinajstić information content (AvgIpc) is 3.26. The van der Waals surface area contributed by atoms with Gasteiger partial charge >= 0.3 is 5.97 Å². The van der Waals surface area contributed by atoms with Crippen LogP contribution >= 0.6 is 0 Å². The highest BCUT2D eigenvalue weighted by atomic mass is 16.5. The van der Waals surface area contributed by atoms with Crippen molar-refractivity contribution in [3.8, 4) is 0 Å². The zero-order chi connectivity index (χ0) is 45.2. The quantitative estimate of drug-likeness (QED) is 0.0321. The first kappa shape index (κ1) is 60.3. The summed E-state index contributed by atoms with van der Waals surface area (Å²) in [6.45, 7) is 6.47. The van der Waals surface area contributed by atoms with Crippen LogP contribution in [0.3, 0.4) is 0 Å². The van der Waals surface area contributed by atoms with E-state index in [1.54, 1.807) is 0 Å². The molecule has 3 N–H and O–H groups in total. The van der Waals surface area contributed by atoms with Crippen LogP contribution in [0, 0.1) is 0 Å². The molecule has 3 atom stereocenters. The van der Waals surface area contributed by atoms with Crippen LogP contribution in [-0.2, 0) is 14.3 Å². The fourth-order valence-electron chi connectivity index (χ4n) is 8.58. The number of carbonyl (C=O) groups excluding carboxylic acids is 2. The Kier molecular flexibility index (Phi) is 49.0. The molecule has 0 heterocycles. The van der Waals surface area contributed by atoms with E-state index in [0.717, 1.165) is 57.8 Å². The van der Waals surface area contributed by atoms with Gasteiger partial charge in [-0.3, -0.25) is 9.59 Å². The summed E-state index contributed by atoms with van der Waals surface area (Å²) in [6, 6.07) is -0.698. The van der Waals surface area contributed by atoms with Gasteiger partial charge in [0.1, 0.15) is 6.10 Å². The van der Waals surface area contributed by atoms with Gasteiger partial charge in [0.05, 0.1) is 25.2 Å². The maximum Gasteiger partial charge on any atom is 0.306 e. The first-order chi connectivity index (χ1) is 30.5. The number of allylic oxidation sites excluding steroid dienone is 4. The monoisotopic (exact) mass is 874 g/mol. The van der Waals surface area contributed by atoms with Crippen LogP contribution < -0.4 is 5.32 Å². The third kappa shape index (κ3) is 44.9. The Bertz CT molecular complexity index is 981. The van der Waals surface area contributed by atoms with Crippen molar-refractivity contribution in [2.75, 3.05) is 6.61 Å². The number of hydrogen-bond acceptors (Lipinski definition) is 5. The highest BCUT2D eigenvalue weighted by molar-refractivity contribution is 5.77. The fourth-order valence-corrected chi connectivity index (χ4v) is 8.58. The van der Waals surface area contributed by atoms with E-state index in [-0.39, 0.29) is 24.9 Å². The lowest BCUT2D eigenvalue weighted by molar-refractivity contribution is -0.151. The third-order valence-electron chi connectivity index (χ3n) is 12.8. The molecule has 366 valence electrons. The fraction of sp³-hybridized carbons (Fsp3) is 0.893. The summed E-state index contributed by atoms with van der Waals surface area (Å²) in [6.07, 6.45) is 58.2. The van der Waals surface area contributed by atoms with E-state index in [2.05, 4.69) is 50.4 Å². The van der Waals surface area contributed by atoms with Crippen LogP contribution in [0.15, 0.2) is 24.3 Å². The van der Waals surface area contributed by atoms with Gasteiger partial charge in [0.2, 0.25) is 5.91 Å². The zero-order valence-electron chi connectivity index (χ0n) is 41.8. The standard InChI is InChI=1S/C56H107NO5/c1-4-7-10-13-16-19-21-23-25-27-29-31-33-36-39-42-45-48-54(59)53(51-58)57-55(60)50-52(47-44-41-38-35-18-15-12-9-6-3)62-56(61)49-46-43-40-37-34-32-30-28-26-24-22-20-17-14-11-8-5-2/h17,20,24,26,52-54,58-59H,4-16,18-19,21-23,25,27-51H2,1-3H3,(H,57,60)/b20-17-,26-24-. The van der Waals surface area contributed by atoms with Crippen LogP contribution in [-0.4, -0.2) is 46.9 Å². The molecule has 1 amide bonds. The number of amides is 1. The van der Waals surface area contributed by atoms with Gasteiger partial charge in [0.25, 0.3) is 0 Å². The van der Waals surface area contributed by atoms with Crippen LogP contribution in [0.1, 0.15) is 297 Å². The second-order valence-electron chi connectivity index (χ2n) is 19.0. The Morgan fingerprint density at radius 2 is 0.823 bits per heavy atom. The minimum atomic E-state index is -0.784. The van der Waals surface area contributed by atoms with Gasteiger partial charge in [-0.2, -0.15) is 0 Å². The number of aliphatic hydroxyl groups excluding tert-OH is 2. The highest BCUT2D eigenvalue weighted by Crippen LogP contribution is 2.18. The Balaban J connectivity index is 4.38. The minimum absolute atomic E-state index is 0.0794. The summed E-state index contributed by atoms with van der Waals surface area (Å²) < 4.78 is 5.93. The molecule has 6 nitrogen and oxygen atoms in total. The number of esters is 1. The van der Waals surface area contributed by atoms with E-state index in [9.17, 15) is 19.8 Å². The predicted octanol–water partition coefficient (Wildman–Crippen LogP) is 16.7. The maximum atomic E-state index is 13.2. The summed E-state index contributed by atoms with van der Waals surface area (Å²) >= 11 is 0. The SMILES string of the molecule is CCCCC/C=C\C/C=C\CCCCCCCCCC(=O)OC(CCCCCCCCCCC)CC(=O)NC(CO)C(O)CCCCCCCCCCCCCCCCCCC. The normalized spacial score (nSPS) is 13.3.